The molecular weight excluding hydrogens is 258 g/mol. The highest BCUT2D eigenvalue weighted by molar-refractivity contribution is 5.88. The van der Waals surface area contributed by atoms with Crippen molar-refractivity contribution in [3.63, 3.8) is 0 Å². The molecule has 20 heavy (non-hydrogen) atoms. The number of nitrogens with two attached hydrogens (primary N) is 1. The highest BCUT2D eigenvalue weighted by atomic mass is 16.2. The Kier molecular flexibility index (Phi) is 4.78. The molecule has 1 rings (SSSR count). The second kappa shape index (κ2) is 5.81. The molecule has 0 aliphatic heterocycles. The van der Waals surface area contributed by atoms with Gasteiger partial charge in [0.15, 0.2) is 0 Å². The Labute approximate surface area is 119 Å². The summed E-state index contributed by atoms with van der Waals surface area (Å²) >= 11 is 0. The standard InChI is InChI=1S/C14H25N3O3/c1-9(18)16-10(5-6-11(15)19)12(20)17-14(7-8-14)13(2,3)4/h10H,5-8H2,1-4H3,(H2,15,19)(H,16,18)(H,17,20)/t10-/m0/s1. The Hall–Kier alpha value is -1.59. The largest absolute Gasteiger partial charge is 0.370 e. The monoisotopic (exact) mass is 283 g/mol. The summed E-state index contributed by atoms with van der Waals surface area (Å²) in [6, 6.07) is -0.708. The van der Waals surface area contributed by atoms with Crippen molar-refractivity contribution in [1.29, 1.82) is 0 Å². The molecule has 3 amide bonds. The summed E-state index contributed by atoms with van der Waals surface area (Å²) in [5.41, 5.74) is 4.86. The highest BCUT2D eigenvalue weighted by Crippen LogP contribution is 2.49. The van der Waals surface area contributed by atoms with Gasteiger partial charge in [0.1, 0.15) is 6.04 Å². The molecule has 1 fully saturated rings. The van der Waals surface area contributed by atoms with Gasteiger partial charge in [-0.3, -0.25) is 14.4 Å². The van der Waals surface area contributed by atoms with Crippen LogP contribution in [0.25, 0.3) is 0 Å². The maximum Gasteiger partial charge on any atom is 0.243 e. The molecule has 0 unspecified atom stereocenters. The zero-order valence-corrected chi connectivity index (χ0v) is 12.7. The summed E-state index contributed by atoms with van der Waals surface area (Å²) in [5.74, 6) is -1.02. The van der Waals surface area contributed by atoms with Gasteiger partial charge in [-0.15, -0.1) is 0 Å². The van der Waals surface area contributed by atoms with Gasteiger partial charge in [-0.2, -0.15) is 0 Å². The van der Waals surface area contributed by atoms with E-state index in [2.05, 4.69) is 31.4 Å². The van der Waals surface area contributed by atoms with Gasteiger partial charge in [-0.25, -0.2) is 0 Å². The van der Waals surface area contributed by atoms with Gasteiger partial charge in [0.2, 0.25) is 17.7 Å². The summed E-state index contributed by atoms with van der Waals surface area (Å²) in [4.78, 5) is 34.3. The van der Waals surface area contributed by atoms with Gasteiger partial charge in [-0.05, 0) is 24.7 Å². The molecule has 6 nitrogen and oxygen atoms in total. The third-order valence-electron chi connectivity index (χ3n) is 3.92. The van der Waals surface area contributed by atoms with E-state index in [9.17, 15) is 14.4 Å². The maximum absolute atomic E-state index is 12.3. The van der Waals surface area contributed by atoms with Crippen LogP contribution in [0.1, 0.15) is 53.4 Å². The van der Waals surface area contributed by atoms with E-state index < -0.39 is 11.9 Å². The van der Waals surface area contributed by atoms with Crippen LogP contribution in [0.3, 0.4) is 0 Å². The maximum atomic E-state index is 12.3. The van der Waals surface area contributed by atoms with Crippen molar-refractivity contribution in [1.82, 2.24) is 10.6 Å². The fraction of sp³-hybridized carbons (Fsp3) is 0.786. The van der Waals surface area contributed by atoms with Crippen LogP contribution in [-0.2, 0) is 14.4 Å². The molecule has 1 saturated carbocycles. The minimum absolute atomic E-state index is 0.0346. The Morgan fingerprint density at radius 1 is 1.25 bits per heavy atom. The van der Waals surface area contributed by atoms with Crippen LogP contribution in [0.2, 0.25) is 0 Å². The number of hydrogen-bond donors (Lipinski definition) is 3. The molecule has 0 radical (unpaired) electrons. The minimum Gasteiger partial charge on any atom is -0.370 e. The molecule has 0 aromatic heterocycles. The minimum atomic E-state index is -0.708. The predicted octanol–water partition coefficient (Wildman–Crippen LogP) is 0.452. The molecule has 0 bridgehead atoms. The fourth-order valence-corrected chi connectivity index (χ4v) is 2.31. The van der Waals surface area contributed by atoms with Crippen molar-refractivity contribution in [3.05, 3.63) is 0 Å². The van der Waals surface area contributed by atoms with Crippen LogP contribution in [-0.4, -0.2) is 29.3 Å². The molecule has 0 heterocycles. The number of hydrogen-bond acceptors (Lipinski definition) is 3. The number of carbonyl (C=O) groups excluding carboxylic acids is 3. The summed E-state index contributed by atoms with van der Waals surface area (Å²) in [5, 5.41) is 5.61. The van der Waals surface area contributed by atoms with E-state index in [1.165, 1.54) is 6.92 Å². The lowest BCUT2D eigenvalue weighted by molar-refractivity contribution is -0.130. The lowest BCUT2D eigenvalue weighted by atomic mass is 9.84. The topological polar surface area (TPSA) is 101 Å². The van der Waals surface area contributed by atoms with Crippen LogP contribution in [0.5, 0.6) is 0 Å². The lowest BCUT2D eigenvalue weighted by Gasteiger charge is -2.33. The Morgan fingerprint density at radius 2 is 1.80 bits per heavy atom. The number of carbonyl (C=O) groups is 3. The number of primary amides is 1. The van der Waals surface area contributed by atoms with Gasteiger partial charge >= 0.3 is 0 Å². The molecule has 0 spiro atoms. The SMILES string of the molecule is CC(=O)N[C@@H](CCC(N)=O)C(=O)NC1(C(C)(C)C)CC1. The fourth-order valence-electron chi connectivity index (χ4n) is 2.31. The van der Waals surface area contributed by atoms with Crippen LogP contribution < -0.4 is 16.4 Å². The van der Waals surface area contributed by atoms with E-state index in [4.69, 9.17) is 5.73 Å². The zero-order chi connectivity index (χ0) is 15.6. The number of rotatable bonds is 6. The summed E-state index contributed by atoms with van der Waals surface area (Å²) in [6.45, 7) is 7.59. The van der Waals surface area contributed by atoms with Crippen molar-refractivity contribution in [2.45, 2.75) is 65.0 Å². The third kappa shape index (κ3) is 4.21. The molecule has 0 aromatic rings. The van der Waals surface area contributed by atoms with Gasteiger partial charge in [0.25, 0.3) is 0 Å². The number of nitrogens with one attached hydrogen (secondary N) is 2. The second-order valence-electron chi connectivity index (χ2n) is 6.58. The van der Waals surface area contributed by atoms with E-state index in [1.807, 2.05) is 0 Å². The molecule has 1 aliphatic carbocycles. The summed E-state index contributed by atoms with van der Waals surface area (Å²) in [7, 11) is 0. The highest BCUT2D eigenvalue weighted by Gasteiger charge is 2.53. The molecule has 1 atom stereocenters. The van der Waals surface area contributed by atoms with Crippen molar-refractivity contribution in [2.24, 2.45) is 11.1 Å². The molecule has 114 valence electrons. The van der Waals surface area contributed by atoms with Crippen molar-refractivity contribution < 1.29 is 14.4 Å². The summed E-state index contributed by atoms with van der Waals surface area (Å²) < 4.78 is 0. The molecule has 6 heteroatoms. The van der Waals surface area contributed by atoms with E-state index >= 15 is 0 Å². The molecule has 0 aromatic carbocycles. The van der Waals surface area contributed by atoms with Crippen LogP contribution in [0, 0.1) is 5.41 Å². The van der Waals surface area contributed by atoms with Crippen LogP contribution >= 0.6 is 0 Å². The first-order valence-corrected chi connectivity index (χ1v) is 6.95. The molecule has 1 aliphatic rings. The third-order valence-corrected chi connectivity index (χ3v) is 3.92. The van der Waals surface area contributed by atoms with E-state index in [-0.39, 0.29) is 35.6 Å². The lowest BCUT2D eigenvalue weighted by Crippen LogP contribution is -2.54. The quantitative estimate of drug-likeness (QED) is 0.659. The molecule has 0 saturated heterocycles. The normalized spacial score (nSPS) is 18.0. The first-order valence-electron chi connectivity index (χ1n) is 6.95. The van der Waals surface area contributed by atoms with E-state index in [0.717, 1.165) is 12.8 Å². The van der Waals surface area contributed by atoms with Crippen molar-refractivity contribution in [3.8, 4) is 0 Å². The molecule has 4 N–H and O–H groups in total. The molecular formula is C14H25N3O3. The second-order valence-corrected chi connectivity index (χ2v) is 6.58. The van der Waals surface area contributed by atoms with E-state index in [0.29, 0.717) is 0 Å². The number of amides is 3. The summed E-state index contributed by atoms with van der Waals surface area (Å²) in [6.07, 6.45) is 2.16. The van der Waals surface area contributed by atoms with Gasteiger partial charge in [0, 0.05) is 18.9 Å². The van der Waals surface area contributed by atoms with Crippen molar-refractivity contribution in [2.75, 3.05) is 0 Å². The smallest absolute Gasteiger partial charge is 0.243 e. The van der Waals surface area contributed by atoms with Gasteiger partial charge < -0.3 is 16.4 Å². The first kappa shape index (κ1) is 16.5. The van der Waals surface area contributed by atoms with Crippen LogP contribution in [0.4, 0.5) is 0 Å². The van der Waals surface area contributed by atoms with E-state index in [1.54, 1.807) is 0 Å². The Balaban J connectivity index is 2.68. The average Bonchev–Trinajstić information content (AvgIpc) is 3.03. The van der Waals surface area contributed by atoms with Gasteiger partial charge in [-0.1, -0.05) is 20.8 Å². The zero-order valence-electron chi connectivity index (χ0n) is 12.7. The predicted molar refractivity (Wildman–Crippen MR) is 75.6 cm³/mol. The Morgan fingerprint density at radius 3 is 2.15 bits per heavy atom. The van der Waals surface area contributed by atoms with Crippen LogP contribution in [0.15, 0.2) is 0 Å². The Bertz CT molecular complexity index is 408. The van der Waals surface area contributed by atoms with Gasteiger partial charge in [0.05, 0.1) is 0 Å². The average molecular weight is 283 g/mol. The first-order chi connectivity index (χ1) is 9.07. The van der Waals surface area contributed by atoms with Crippen molar-refractivity contribution >= 4 is 17.7 Å².